The van der Waals surface area contributed by atoms with Gasteiger partial charge >= 0.3 is 0 Å². The Labute approximate surface area is 125 Å². The molecule has 0 unspecified atom stereocenters. The highest BCUT2D eigenvalue weighted by Gasteiger charge is 1.86. The summed E-state index contributed by atoms with van der Waals surface area (Å²) in [6, 6.07) is 17.1. The van der Waals surface area contributed by atoms with Gasteiger partial charge in [-0.3, -0.25) is 0 Å². The highest BCUT2D eigenvalue weighted by molar-refractivity contribution is 7.98. The Hall–Kier alpha value is -0.900. The number of benzene rings is 2. The van der Waals surface area contributed by atoms with E-state index in [-0.39, 0.29) is 5.48 Å². The van der Waals surface area contributed by atoms with Crippen LogP contribution in [0.15, 0.2) is 58.3 Å². The van der Waals surface area contributed by atoms with Crippen LogP contribution in [0.5, 0.6) is 0 Å². The molecule has 2 aromatic rings. The summed E-state index contributed by atoms with van der Waals surface area (Å²) in [7, 11) is 0. The third-order valence-corrected chi connectivity index (χ3v) is 4.00. The molecule has 0 atom stereocenters. The van der Waals surface area contributed by atoms with Crippen molar-refractivity contribution in [3.8, 4) is 0 Å². The van der Waals surface area contributed by atoms with Crippen molar-refractivity contribution in [3.05, 3.63) is 59.7 Å². The average molecular weight is 294 g/mol. The van der Waals surface area contributed by atoms with Crippen molar-refractivity contribution in [2.24, 2.45) is 0 Å². The quantitative estimate of drug-likeness (QED) is 0.757. The lowest BCUT2D eigenvalue weighted by Crippen LogP contribution is -1.70. The van der Waals surface area contributed by atoms with Crippen molar-refractivity contribution in [3.63, 3.8) is 0 Å². The van der Waals surface area contributed by atoms with Gasteiger partial charge in [-0.2, -0.15) is 0 Å². The molecule has 0 aliphatic heterocycles. The van der Waals surface area contributed by atoms with Gasteiger partial charge in [0.1, 0.15) is 0 Å². The topological polar surface area (TPSA) is 31.5 Å². The van der Waals surface area contributed by atoms with Gasteiger partial charge in [-0.25, -0.2) is 0 Å². The molecule has 0 aliphatic rings. The lowest BCUT2D eigenvalue weighted by Gasteiger charge is -1.94. The fourth-order valence-electron chi connectivity index (χ4n) is 1.35. The van der Waals surface area contributed by atoms with Crippen LogP contribution in [0, 0.1) is 13.8 Å². The predicted molar refractivity (Wildman–Crippen MR) is 89.5 cm³/mol. The molecule has 0 heterocycles. The second-order valence-corrected chi connectivity index (χ2v) is 5.79. The summed E-state index contributed by atoms with van der Waals surface area (Å²) in [4.78, 5) is 2.67. The van der Waals surface area contributed by atoms with Crippen LogP contribution < -0.4 is 0 Å². The van der Waals surface area contributed by atoms with E-state index in [1.807, 2.05) is 0 Å². The summed E-state index contributed by atoms with van der Waals surface area (Å²) < 4.78 is 0. The zero-order valence-electron chi connectivity index (χ0n) is 11.9. The second-order valence-electron chi connectivity index (χ2n) is 4.03. The van der Waals surface area contributed by atoms with Gasteiger partial charge in [0.2, 0.25) is 0 Å². The fourth-order valence-corrected chi connectivity index (χ4v) is 2.17. The largest absolute Gasteiger partial charge is 0.412 e. The van der Waals surface area contributed by atoms with Gasteiger partial charge in [0.05, 0.1) is 0 Å². The smallest absolute Gasteiger partial charge is 0.00693 e. The maximum absolute atomic E-state index is 2.14. The molecule has 2 N–H and O–H groups in total. The molecule has 0 aromatic heterocycles. The third kappa shape index (κ3) is 7.31. The lowest BCUT2D eigenvalue weighted by atomic mass is 10.2. The molecule has 0 spiro atoms. The van der Waals surface area contributed by atoms with Crippen LogP contribution in [-0.4, -0.2) is 18.0 Å². The molecule has 2 aromatic carbocycles. The first-order valence-corrected chi connectivity index (χ1v) is 8.32. The highest BCUT2D eigenvalue weighted by atomic mass is 32.2. The summed E-state index contributed by atoms with van der Waals surface area (Å²) in [6.45, 7) is 4.20. The van der Waals surface area contributed by atoms with Crippen LogP contribution in [0.2, 0.25) is 0 Å². The zero-order valence-corrected chi connectivity index (χ0v) is 13.6. The van der Waals surface area contributed by atoms with E-state index in [1.54, 1.807) is 23.5 Å². The monoisotopic (exact) mass is 294 g/mol. The molecule has 0 saturated carbocycles. The van der Waals surface area contributed by atoms with E-state index in [0.29, 0.717) is 0 Å². The summed E-state index contributed by atoms with van der Waals surface area (Å²) in [6.07, 6.45) is 4.18. The molecule has 2 rings (SSSR count). The highest BCUT2D eigenvalue weighted by Crippen LogP contribution is 2.14. The van der Waals surface area contributed by atoms with Crippen LogP contribution in [0.1, 0.15) is 11.1 Å². The summed E-state index contributed by atoms with van der Waals surface area (Å²) in [5, 5.41) is 0. The van der Waals surface area contributed by atoms with Crippen LogP contribution in [-0.2, 0) is 0 Å². The van der Waals surface area contributed by atoms with Gasteiger partial charge in [-0.05, 0) is 50.6 Å². The van der Waals surface area contributed by atoms with Gasteiger partial charge < -0.3 is 5.48 Å². The van der Waals surface area contributed by atoms with Crippen molar-refractivity contribution in [1.29, 1.82) is 0 Å². The van der Waals surface area contributed by atoms with Crippen LogP contribution in [0.3, 0.4) is 0 Å². The van der Waals surface area contributed by atoms with Gasteiger partial charge in [0, 0.05) is 9.79 Å². The molecule has 0 aliphatic carbocycles. The average Bonchev–Trinajstić information content (AvgIpc) is 2.41. The Balaban J connectivity index is 0.000000324. The number of thioether (sulfide) groups is 2. The van der Waals surface area contributed by atoms with Gasteiger partial charge in [0.15, 0.2) is 0 Å². The van der Waals surface area contributed by atoms with E-state index in [2.05, 4.69) is 74.9 Å². The first-order valence-electron chi connectivity index (χ1n) is 5.87. The minimum absolute atomic E-state index is 0. The zero-order chi connectivity index (χ0) is 13.4. The van der Waals surface area contributed by atoms with E-state index in [9.17, 15) is 0 Å². The molecule has 0 amide bonds. The van der Waals surface area contributed by atoms with Crippen molar-refractivity contribution in [2.75, 3.05) is 12.5 Å². The Bertz CT molecular complexity index is 404. The number of aryl methyl sites for hydroxylation is 2. The summed E-state index contributed by atoms with van der Waals surface area (Å²) >= 11 is 3.56. The molecule has 1 nitrogen and oxygen atoms in total. The normalized spacial score (nSPS) is 9.05. The summed E-state index contributed by atoms with van der Waals surface area (Å²) in [5.74, 6) is 0. The van der Waals surface area contributed by atoms with Crippen molar-refractivity contribution in [2.45, 2.75) is 23.6 Å². The minimum Gasteiger partial charge on any atom is -0.412 e. The molecule has 3 heteroatoms. The Kier molecular flexibility index (Phi) is 9.48. The molecule has 0 fully saturated rings. The standard InChI is InChI=1S/2C8H10S.H2O/c2*1-7-3-5-8(9-2)6-4-7;/h2*3-6H,1-2H3;1H2. The number of rotatable bonds is 2. The van der Waals surface area contributed by atoms with Crippen LogP contribution in [0.4, 0.5) is 0 Å². The van der Waals surface area contributed by atoms with Crippen molar-refractivity contribution >= 4 is 23.5 Å². The van der Waals surface area contributed by atoms with Crippen LogP contribution >= 0.6 is 23.5 Å². The van der Waals surface area contributed by atoms with E-state index in [0.717, 1.165) is 0 Å². The minimum atomic E-state index is 0. The molecule has 0 radical (unpaired) electrons. The van der Waals surface area contributed by atoms with Gasteiger partial charge in [-0.1, -0.05) is 35.4 Å². The SMILES string of the molecule is CSc1ccc(C)cc1.CSc1ccc(C)cc1.O. The maximum Gasteiger partial charge on any atom is 0.00693 e. The lowest BCUT2D eigenvalue weighted by molar-refractivity contribution is 0.824. The first-order chi connectivity index (χ1) is 8.65. The maximum atomic E-state index is 2.14. The van der Waals surface area contributed by atoms with Gasteiger partial charge in [0.25, 0.3) is 0 Å². The number of hydrogen-bond acceptors (Lipinski definition) is 2. The van der Waals surface area contributed by atoms with E-state index >= 15 is 0 Å². The molecular formula is C16H22OS2. The fraction of sp³-hybridized carbons (Fsp3) is 0.250. The second kappa shape index (κ2) is 9.96. The predicted octanol–water partition coefficient (Wildman–Crippen LogP) is 4.61. The summed E-state index contributed by atoms with van der Waals surface area (Å²) in [5.41, 5.74) is 2.65. The molecular weight excluding hydrogens is 272 g/mol. The first kappa shape index (κ1) is 18.1. The van der Waals surface area contributed by atoms with E-state index in [1.165, 1.54) is 20.9 Å². The Morgan fingerprint density at radius 1 is 0.579 bits per heavy atom. The Morgan fingerprint density at radius 3 is 1.05 bits per heavy atom. The molecule has 0 saturated heterocycles. The third-order valence-electron chi connectivity index (χ3n) is 2.51. The number of hydrogen-bond donors (Lipinski definition) is 0. The molecule has 104 valence electrons. The molecule has 19 heavy (non-hydrogen) atoms. The van der Waals surface area contributed by atoms with Crippen molar-refractivity contribution in [1.82, 2.24) is 0 Å². The van der Waals surface area contributed by atoms with Crippen LogP contribution in [0.25, 0.3) is 0 Å². The van der Waals surface area contributed by atoms with E-state index in [4.69, 9.17) is 0 Å². The Morgan fingerprint density at radius 2 is 0.842 bits per heavy atom. The van der Waals surface area contributed by atoms with E-state index < -0.39 is 0 Å². The molecule has 0 bridgehead atoms. The van der Waals surface area contributed by atoms with Crippen molar-refractivity contribution < 1.29 is 5.48 Å². The van der Waals surface area contributed by atoms with Gasteiger partial charge in [-0.15, -0.1) is 23.5 Å².